The molecule has 3 aliphatic heterocycles. The van der Waals surface area contributed by atoms with Crippen LogP contribution in [0.15, 0.2) is 12.1 Å². The Morgan fingerprint density at radius 1 is 1.21 bits per heavy atom. The molecule has 1 aromatic rings. The molecule has 0 atom stereocenters. The fourth-order valence-corrected chi connectivity index (χ4v) is 4.10. The average molecular weight is 333 g/mol. The molecule has 0 saturated carbocycles. The average Bonchev–Trinajstić information content (AvgIpc) is 3.04. The van der Waals surface area contributed by atoms with Gasteiger partial charge in [0.25, 0.3) is 0 Å². The van der Waals surface area contributed by atoms with Crippen molar-refractivity contribution >= 4 is 5.97 Å². The highest BCUT2D eigenvalue weighted by Crippen LogP contribution is 2.52. The predicted molar refractivity (Wildman–Crippen MR) is 86.2 cm³/mol. The van der Waals surface area contributed by atoms with E-state index in [9.17, 15) is 4.79 Å². The number of rotatable bonds is 1. The Morgan fingerprint density at radius 2 is 1.92 bits per heavy atom. The molecular formula is C18H23NO5. The molecular weight excluding hydrogens is 310 g/mol. The largest absolute Gasteiger partial charge is 0.486 e. The predicted octanol–water partition coefficient (Wildman–Crippen LogP) is 1.89. The van der Waals surface area contributed by atoms with Crippen LogP contribution >= 0.6 is 0 Å². The number of piperidine rings is 1. The molecule has 0 aliphatic carbocycles. The first kappa shape index (κ1) is 15.9. The molecule has 0 bridgehead atoms. The number of ether oxygens (including phenoxy) is 4. The zero-order valence-corrected chi connectivity index (χ0v) is 14.1. The summed E-state index contributed by atoms with van der Waals surface area (Å²) in [4.78, 5) is 12.1. The second kappa shape index (κ2) is 5.72. The number of hydrogen-bond donors (Lipinski definition) is 1. The Morgan fingerprint density at radius 3 is 2.58 bits per heavy atom. The molecule has 3 aliphatic rings. The van der Waals surface area contributed by atoms with Gasteiger partial charge in [-0.2, -0.15) is 0 Å². The van der Waals surface area contributed by atoms with Gasteiger partial charge in [0.1, 0.15) is 11.4 Å². The van der Waals surface area contributed by atoms with E-state index in [4.69, 9.17) is 18.9 Å². The Balaban J connectivity index is 1.84. The Labute approximate surface area is 141 Å². The summed E-state index contributed by atoms with van der Waals surface area (Å²) in [6.45, 7) is 4.85. The minimum Gasteiger partial charge on any atom is -0.486 e. The van der Waals surface area contributed by atoms with Gasteiger partial charge in [0, 0.05) is 12.0 Å². The van der Waals surface area contributed by atoms with Gasteiger partial charge in [-0.1, -0.05) is 0 Å². The number of esters is 1. The van der Waals surface area contributed by atoms with Gasteiger partial charge in [0.05, 0.1) is 31.5 Å². The van der Waals surface area contributed by atoms with Crippen LogP contribution in [0.2, 0.25) is 0 Å². The second-order valence-corrected chi connectivity index (χ2v) is 6.77. The molecule has 1 N–H and O–H groups in total. The van der Waals surface area contributed by atoms with Crippen LogP contribution in [0.4, 0.5) is 0 Å². The van der Waals surface area contributed by atoms with Crippen LogP contribution in [-0.2, 0) is 20.0 Å². The summed E-state index contributed by atoms with van der Waals surface area (Å²) >= 11 is 0. The fourth-order valence-electron chi connectivity index (χ4n) is 4.10. The summed E-state index contributed by atoms with van der Waals surface area (Å²) in [6.07, 6.45) is 2.47. The summed E-state index contributed by atoms with van der Waals surface area (Å²) < 4.78 is 23.6. The Hall–Kier alpha value is -1.63. The van der Waals surface area contributed by atoms with E-state index in [0.29, 0.717) is 30.9 Å². The number of benzene rings is 1. The molecule has 1 aromatic carbocycles. The van der Waals surface area contributed by atoms with E-state index in [0.717, 1.165) is 37.1 Å². The van der Waals surface area contributed by atoms with E-state index in [1.807, 2.05) is 13.0 Å². The van der Waals surface area contributed by atoms with Gasteiger partial charge in [-0.15, -0.1) is 0 Å². The summed E-state index contributed by atoms with van der Waals surface area (Å²) in [5.74, 6) is -0.399. The lowest BCUT2D eigenvalue weighted by atomic mass is 9.79. The van der Waals surface area contributed by atoms with Crippen molar-refractivity contribution in [1.82, 2.24) is 5.32 Å². The quantitative estimate of drug-likeness (QED) is 0.792. The van der Waals surface area contributed by atoms with Crippen molar-refractivity contribution in [3.8, 4) is 5.75 Å². The van der Waals surface area contributed by atoms with Gasteiger partial charge in [-0.05, 0) is 45.0 Å². The standard InChI is InChI=1S/C18H23NO5/c1-12-13(16(20)21-2)3-4-14-15(12)24-17(5-7-19-8-6-17)11-18(14)22-9-10-23-18/h3-4,19H,5-11H2,1-2H3. The first-order chi connectivity index (χ1) is 11.6. The van der Waals surface area contributed by atoms with Crippen LogP contribution in [0.5, 0.6) is 5.75 Å². The van der Waals surface area contributed by atoms with Gasteiger partial charge >= 0.3 is 5.97 Å². The lowest BCUT2D eigenvalue weighted by molar-refractivity contribution is -0.216. The molecule has 3 heterocycles. The number of carbonyl (C=O) groups excluding carboxylic acids is 1. The molecule has 2 saturated heterocycles. The Kier molecular flexibility index (Phi) is 3.78. The molecule has 130 valence electrons. The van der Waals surface area contributed by atoms with E-state index in [1.165, 1.54) is 7.11 Å². The number of methoxy groups -OCH3 is 1. The second-order valence-electron chi connectivity index (χ2n) is 6.77. The van der Waals surface area contributed by atoms with Crippen molar-refractivity contribution in [2.24, 2.45) is 0 Å². The van der Waals surface area contributed by atoms with Crippen LogP contribution in [0, 0.1) is 6.92 Å². The molecule has 24 heavy (non-hydrogen) atoms. The van der Waals surface area contributed by atoms with Crippen LogP contribution in [0.25, 0.3) is 0 Å². The van der Waals surface area contributed by atoms with Crippen molar-refractivity contribution in [1.29, 1.82) is 0 Å². The van der Waals surface area contributed by atoms with E-state index in [1.54, 1.807) is 6.07 Å². The monoisotopic (exact) mass is 333 g/mol. The molecule has 0 amide bonds. The van der Waals surface area contributed by atoms with Crippen molar-refractivity contribution in [2.75, 3.05) is 33.4 Å². The molecule has 4 rings (SSSR count). The maximum Gasteiger partial charge on any atom is 0.338 e. The summed E-state index contributed by atoms with van der Waals surface area (Å²) in [5, 5.41) is 3.38. The summed E-state index contributed by atoms with van der Waals surface area (Å²) in [6, 6.07) is 3.66. The van der Waals surface area contributed by atoms with Crippen LogP contribution in [0.1, 0.15) is 40.7 Å². The third kappa shape index (κ3) is 2.32. The van der Waals surface area contributed by atoms with Crippen LogP contribution in [-0.4, -0.2) is 45.0 Å². The summed E-state index contributed by atoms with van der Waals surface area (Å²) in [5.41, 5.74) is 1.88. The molecule has 0 aromatic heterocycles. The number of hydrogen-bond acceptors (Lipinski definition) is 6. The van der Waals surface area contributed by atoms with E-state index in [-0.39, 0.29) is 11.6 Å². The van der Waals surface area contributed by atoms with E-state index >= 15 is 0 Å². The fraction of sp³-hybridized carbons (Fsp3) is 0.611. The highest BCUT2D eigenvalue weighted by atomic mass is 16.7. The SMILES string of the molecule is COC(=O)c1ccc2c(c1C)OC1(CCNCC1)CC21OCCO1. The minimum atomic E-state index is -0.760. The van der Waals surface area contributed by atoms with Crippen LogP contribution in [0.3, 0.4) is 0 Å². The van der Waals surface area contributed by atoms with Gasteiger partial charge in [0.15, 0.2) is 0 Å². The maximum atomic E-state index is 12.1. The van der Waals surface area contributed by atoms with Crippen molar-refractivity contribution in [3.05, 3.63) is 28.8 Å². The normalized spacial score (nSPS) is 23.8. The Bertz CT molecular complexity index is 660. The van der Waals surface area contributed by atoms with Gasteiger partial charge in [-0.3, -0.25) is 0 Å². The first-order valence-electron chi connectivity index (χ1n) is 8.49. The summed E-state index contributed by atoms with van der Waals surface area (Å²) in [7, 11) is 1.39. The van der Waals surface area contributed by atoms with E-state index in [2.05, 4.69) is 5.32 Å². The number of carbonyl (C=O) groups is 1. The molecule has 6 nitrogen and oxygen atoms in total. The minimum absolute atomic E-state index is 0.317. The molecule has 0 unspecified atom stereocenters. The maximum absolute atomic E-state index is 12.1. The van der Waals surface area contributed by atoms with Gasteiger partial charge < -0.3 is 24.3 Å². The van der Waals surface area contributed by atoms with Crippen molar-refractivity contribution in [2.45, 2.75) is 37.6 Å². The molecule has 0 radical (unpaired) electrons. The van der Waals surface area contributed by atoms with E-state index < -0.39 is 5.79 Å². The molecule has 2 fully saturated rings. The number of fused-ring (bicyclic) bond motifs is 2. The smallest absolute Gasteiger partial charge is 0.338 e. The molecule has 6 heteroatoms. The third-order valence-electron chi connectivity index (χ3n) is 5.36. The lowest BCUT2D eigenvalue weighted by Crippen LogP contribution is -2.54. The van der Waals surface area contributed by atoms with Crippen molar-refractivity contribution in [3.63, 3.8) is 0 Å². The number of nitrogens with one attached hydrogen (secondary N) is 1. The van der Waals surface area contributed by atoms with Gasteiger partial charge in [0.2, 0.25) is 5.79 Å². The van der Waals surface area contributed by atoms with Gasteiger partial charge in [-0.25, -0.2) is 4.79 Å². The topological polar surface area (TPSA) is 66.0 Å². The van der Waals surface area contributed by atoms with Crippen molar-refractivity contribution < 1.29 is 23.7 Å². The highest BCUT2D eigenvalue weighted by molar-refractivity contribution is 5.92. The van der Waals surface area contributed by atoms with Crippen LogP contribution < -0.4 is 10.1 Å². The highest BCUT2D eigenvalue weighted by Gasteiger charge is 2.54. The third-order valence-corrected chi connectivity index (χ3v) is 5.36. The zero-order chi connectivity index (χ0) is 16.8. The lowest BCUT2D eigenvalue weighted by Gasteiger charge is -2.48. The zero-order valence-electron chi connectivity index (χ0n) is 14.1. The molecule has 2 spiro atoms. The first-order valence-corrected chi connectivity index (χ1v) is 8.49.